The normalized spacial score (nSPS) is 37.6. The average Bonchev–Trinajstić information content (AvgIpc) is 2.78. The van der Waals surface area contributed by atoms with Gasteiger partial charge < -0.3 is 11.1 Å². The smallest absolute Gasteiger partial charge is 0.151 e. The van der Waals surface area contributed by atoms with Gasteiger partial charge in [-0.3, -0.25) is 0 Å². The molecule has 1 saturated carbocycles. The summed E-state index contributed by atoms with van der Waals surface area (Å²) in [7, 11) is 0. The number of fused-ring (bicyclic) bond motifs is 1. The summed E-state index contributed by atoms with van der Waals surface area (Å²) in [6.45, 7) is 1.05. The molecule has 2 aliphatic rings. The summed E-state index contributed by atoms with van der Waals surface area (Å²) < 4.78 is 0. The highest BCUT2D eigenvalue weighted by atomic mass is 35.5. The van der Waals surface area contributed by atoms with Crippen LogP contribution in [0.4, 0.5) is 0 Å². The zero-order chi connectivity index (χ0) is 11.1. The van der Waals surface area contributed by atoms with Crippen molar-refractivity contribution < 1.29 is 0 Å². The molecule has 1 saturated heterocycles. The van der Waals surface area contributed by atoms with Gasteiger partial charge in [0.05, 0.1) is 11.7 Å². The topological polar surface area (TPSA) is 63.8 Å². The molecule has 0 aromatic carbocycles. The molecule has 0 amide bonds. The highest BCUT2D eigenvalue weighted by molar-refractivity contribution is 6.29. The molecule has 3 rings (SSSR count). The minimum atomic E-state index is 0.309. The maximum atomic E-state index is 6.00. The Balaban J connectivity index is 1.83. The van der Waals surface area contributed by atoms with Gasteiger partial charge >= 0.3 is 0 Å². The van der Waals surface area contributed by atoms with Crippen molar-refractivity contribution in [1.82, 2.24) is 15.5 Å². The molecular weight excluding hydrogens is 224 g/mol. The lowest BCUT2D eigenvalue weighted by Crippen LogP contribution is -2.24. The lowest BCUT2D eigenvalue weighted by atomic mass is 9.92. The van der Waals surface area contributed by atoms with Crippen molar-refractivity contribution >= 4 is 11.6 Å². The number of nitrogens with two attached hydrogens (primary N) is 1. The van der Waals surface area contributed by atoms with Crippen molar-refractivity contribution in [1.29, 1.82) is 0 Å². The third-order valence-electron chi connectivity index (χ3n) is 3.79. The fraction of sp³-hybridized carbons (Fsp3) is 0.636. The quantitative estimate of drug-likeness (QED) is 0.770. The van der Waals surface area contributed by atoms with Crippen molar-refractivity contribution in [2.45, 2.75) is 24.9 Å². The Morgan fingerprint density at radius 2 is 2.19 bits per heavy atom. The summed E-state index contributed by atoms with van der Waals surface area (Å²) >= 11 is 5.74. The van der Waals surface area contributed by atoms with E-state index in [1.165, 1.54) is 0 Å². The zero-order valence-corrected chi connectivity index (χ0v) is 9.69. The first kappa shape index (κ1) is 10.4. The highest BCUT2D eigenvalue weighted by Gasteiger charge is 2.43. The first-order valence-corrected chi connectivity index (χ1v) is 6.10. The number of hydrogen-bond donors (Lipinski definition) is 2. The predicted octanol–water partition coefficient (Wildman–Crippen LogP) is 1.13. The van der Waals surface area contributed by atoms with Crippen molar-refractivity contribution in [2.75, 3.05) is 6.54 Å². The Bertz CT molecular complexity index is 380. The monoisotopic (exact) mass is 238 g/mol. The lowest BCUT2D eigenvalue weighted by Gasteiger charge is -2.17. The van der Waals surface area contributed by atoms with Crippen LogP contribution in [0.5, 0.6) is 0 Å². The van der Waals surface area contributed by atoms with Crippen LogP contribution in [0.15, 0.2) is 12.1 Å². The largest absolute Gasteiger partial charge is 0.328 e. The number of halogens is 1. The summed E-state index contributed by atoms with van der Waals surface area (Å²) in [5.41, 5.74) is 7.00. The van der Waals surface area contributed by atoms with E-state index in [2.05, 4.69) is 15.5 Å². The number of nitrogens with zero attached hydrogens (tertiary/aromatic N) is 2. The van der Waals surface area contributed by atoms with E-state index in [0.717, 1.165) is 25.1 Å². The van der Waals surface area contributed by atoms with E-state index in [9.17, 15) is 0 Å². The van der Waals surface area contributed by atoms with Crippen LogP contribution in [0.25, 0.3) is 0 Å². The summed E-state index contributed by atoms with van der Waals surface area (Å²) in [4.78, 5) is 0. The van der Waals surface area contributed by atoms with E-state index in [1.54, 1.807) is 6.07 Å². The van der Waals surface area contributed by atoms with Crippen molar-refractivity contribution in [2.24, 2.45) is 17.6 Å². The fourth-order valence-electron chi connectivity index (χ4n) is 3.09. The highest BCUT2D eigenvalue weighted by Crippen LogP contribution is 2.43. The molecule has 16 heavy (non-hydrogen) atoms. The van der Waals surface area contributed by atoms with Gasteiger partial charge in [0.2, 0.25) is 0 Å². The second kappa shape index (κ2) is 3.95. The number of rotatable bonds is 1. The molecule has 4 unspecified atom stereocenters. The van der Waals surface area contributed by atoms with Gasteiger partial charge in [0, 0.05) is 6.04 Å². The minimum absolute atomic E-state index is 0.309. The number of aromatic nitrogens is 2. The SMILES string of the molecule is NC1CC2CNC(c3ccc(Cl)nn3)C2C1. The molecule has 1 aromatic rings. The van der Waals surface area contributed by atoms with Gasteiger partial charge in [-0.2, -0.15) is 5.10 Å². The maximum absolute atomic E-state index is 6.00. The molecule has 0 bridgehead atoms. The predicted molar refractivity (Wildman–Crippen MR) is 62.0 cm³/mol. The molecule has 86 valence electrons. The molecular formula is C11H15ClN4. The molecule has 2 fully saturated rings. The summed E-state index contributed by atoms with van der Waals surface area (Å²) in [5.74, 6) is 1.32. The average molecular weight is 239 g/mol. The Morgan fingerprint density at radius 3 is 2.94 bits per heavy atom. The number of nitrogens with one attached hydrogen (secondary N) is 1. The van der Waals surface area contributed by atoms with E-state index < -0.39 is 0 Å². The summed E-state index contributed by atoms with van der Waals surface area (Å²) in [6.07, 6.45) is 2.22. The minimum Gasteiger partial charge on any atom is -0.328 e. The van der Waals surface area contributed by atoms with Gasteiger partial charge in [-0.15, -0.1) is 5.10 Å². The Hall–Kier alpha value is -0.710. The van der Waals surface area contributed by atoms with Crippen molar-refractivity contribution in [3.63, 3.8) is 0 Å². The maximum Gasteiger partial charge on any atom is 0.151 e. The number of hydrogen-bond acceptors (Lipinski definition) is 4. The first-order valence-electron chi connectivity index (χ1n) is 5.72. The molecule has 0 radical (unpaired) electrons. The van der Waals surface area contributed by atoms with Crippen LogP contribution in [0.2, 0.25) is 5.15 Å². The van der Waals surface area contributed by atoms with Crippen LogP contribution in [-0.4, -0.2) is 22.8 Å². The van der Waals surface area contributed by atoms with Crippen molar-refractivity contribution in [3.8, 4) is 0 Å². The molecule has 4 atom stereocenters. The molecule has 0 spiro atoms. The van der Waals surface area contributed by atoms with Gasteiger partial charge in [0.1, 0.15) is 0 Å². The second-order valence-electron chi connectivity index (χ2n) is 4.82. The van der Waals surface area contributed by atoms with Crippen molar-refractivity contribution in [3.05, 3.63) is 23.0 Å². The second-order valence-corrected chi connectivity index (χ2v) is 5.21. The summed E-state index contributed by atoms with van der Waals surface area (Å²) in [6, 6.07) is 4.43. The van der Waals surface area contributed by atoms with Gasteiger partial charge in [0.15, 0.2) is 5.15 Å². The third kappa shape index (κ3) is 1.71. The standard InChI is InChI=1S/C11H15ClN4/c12-10-2-1-9(15-16-10)11-8-4-7(13)3-6(8)5-14-11/h1-2,6-8,11,14H,3-5,13H2. The molecule has 3 N–H and O–H groups in total. The Labute approximate surface area is 99.6 Å². The van der Waals surface area contributed by atoms with Gasteiger partial charge in [-0.1, -0.05) is 11.6 Å². The molecule has 1 aliphatic carbocycles. The Kier molecular flexibility index (Phi) is 2.58. The van der Waals surface area contributed by atoms with E-state index in [-0.39, 0.29) is 0 Å². The van der Waals surface area contributed by atoms with Crippen LogP contribution in [-0.2, 0) is 0 Å². The van der Waals surface area contributed by atoms with E-state index >= 15 is 0 Å². The van der Waals surface area contributed by atoms with E-state index in [1.807, 2.05) is 6.07 Å². The first-order chi connectivity index (χ1) is 7.74. The fourth-order valence-corrected chi connectivity index (χ4v) is 3.19. The van der Waals surface area contributed by atoms with E-state index in [0.29, 0.717) is 29.1 Å². The van der Waals surface area contributed by atoms with Crippen LogP contribution in [0, 0.1) is 11.8 Å². The Morgan fingerprint density at radius 1 is 1.31 bits per heavy atom. The summed E-state index contributed by atoms with van der Waals surface area (Å²) in [5, 5.41) is 12.0. The van der Waals surface area contributed by atoms with Crippen LogP contribution >= 0.6 is 11.6 Å². The zero-order valence-electron chi connectivity index (χ0n) is 8.94. The van der Waals surface area contributed by atoms with Crippen LogP contribution in [0.3, 0.4) is 0 Å². The lowest BCUT2D eigenvalue weighted by molar-refractivity contribution is 0.410. The molecule has 1 aliphatic heterocycles. The molecule has 5 heteroatoms. The molecule has 4 nitrogen and oxygen atoms in total. The van der Waals surface area contributed by atoms with Gasteiger partial charge in [0.25, 0.3) is 0 Å². The molecule has 2 heterocycles. The third-order valence-corrected chi connectivity index (χ3v) is 3.99. The van der Waals surface area contributed by atoms with Gasteiger partial charge in [-0.05, 0) is 43.4 Å². The van der Waals surface area contributed by atoms with Crippen LogP contribution < -0.4 is 11.1 Å². The van der Waals surface area contributed by atoms with Crippen LogP contribution in [0.1, 0.15) is 24.6 Å². The van der Waals surface area contributed by atoms with E-state index in [4.69, 9.17) is 17.3 Å². The van der Waals surface area contributed by atoms with Gasteiger partial charge in [-0.25, -0.2) is 0 Å². The molecule has 1 aromatic heterocycles.